The molecule has 96 valence electrons. The van der Waals surface area contributed by atoms with Crippen LogP contribution < -0.4 is 5.32 Å². The predicted molar refractivity (Wildman–Crippen MR) is 73.2 cm³/mol. The molecule has 0 bridgehead atoms. The minimum atomic E-state index is 0.255. The van der Waals surface area contributed by atoms with E-state index in [2.05, 4.69) is 43.4 Å². The zero-order valence-electron chi connectivity index (χ0n) is 11.0. The van der Waals surface area contributed by atoms with Crippen molar-refractivity contribution in [3.05, 3.63) is 35.9 Å². The van der Waals surface area contributed by atoms with Crippen LogP contribution in [0.4, 0.5) is 0 Å². The number of rotatable bonds is 8. The van der Waals surface area contributed by atoms with E-state index in [1.54, 1.807) is 0 Å². The van der Waals surface area contributed by atoms with E-state index in [9.17, 15) is 0 Å². The van der Waals surface area contributed by atoms with Crippen LogP contribution in [-0.4, -0.2) is 24.8 Å². The zero-order chi connectivity index (χ0) is 12.5. The van der Waals surface area contributed by atoms with Gasteiger partial charge in [-0.1, -0.05) is 50.6 Å². The first kappa shape index (κ1) is 14.2. The van der Waals surface area contributed by atoms with E-state index in [0.717, 1.165) is 25.4 Å². The number of benzene rings is 1. The van der Waals surface area contributed by atoms with Crippen LogP contribution in [0.5, 0.6) is 0 Å². The Bertz CT molecular complexity index is 286. The largest absolute Gasteiger partial charge is 0.396 e. The quantitative estimate of drug-likeness (QED) is 0.726. The van der Waals surface area contributed by atoms with Crippen LogP contribution in [0.15, 0.2) is 30.3 Å². The summed E-state index contributed by atoms with van der Waals surface area (Å²) < 4.78 is 0. The van der Waals surface area contributed by atoms with Gasteiger partial charge < -0.3 is 10.4 Å². The SMILES string of the molecule is CCC(C)CNCC(CCO)c1ccccc1. The lowest BCUT2D eigenvalue weighted by Gasteiger charge is -2.18. The Morgan fingerprint density at radius 3 is 2.47 bits per heavy atom. The molecule has 0 aromatic heterocycles. The maximum Gasteiger partial charge on any atom is 0.0437 e. The van der Waals surface area contributed by atoms with Gasteiger partial charge in [0, 0.05) is 13.2 Å². The molecule has 0 radical (unpaired) electrons. The van der Waals surface area contributed by atoms with Gasteiger partial charge in [-0.15, -0.1) is 0 Å². The highest BCUT2D eigenvalue weighted by molar-refractivity contribution is 5.19. The Morgan fingerprint density at radius 2 is 1.88 bits per heavy atom. The van der Waals surface area contributed by atoms with Crippen LogP contribution in [0.2, 0.25) is 0 Å². The van der Waals surface area contributed by atoms with Crippen molar-refractivity contribution in [3.63, 3.8) is 0 Å². The van der Waals surface area contributed by atoms with Gasteiger partial charge >= 0.3 is 0 Å². The molecule has 2 heteroatoms. The van der Waals surface area contributed by atoms with Gasteiger partial charge in [0.1, 0.15) is 0 Å². The third kappa shape index (κ3) is 5.33. The first-order chi connectivity index (χ1) is 8.27. The standard InChI is InChI=1S/C15H25NO/c1-3-13(2)11-16-12-15(9-10-17)14-7-5-4-6-8-14/h4-8,13,15-17H,3,9-12H2,1-2H3. The van der Waals surface area contributed by atoms with E-state index in [4.69, 9.17) is 5.11 Å². The topological polar surface area (TPSA) is 32.3 Å². The van der Waals surface area contributed by atoms with Crippen molar-refractivity contribution < 1.29 is 5.11 Å². The summed E-state index contributed by atoms with van der Waals surface area (Å²) in [6.07, 6.45) is 2.04. The Morgan fingerprint density at radius 1 is 1.18 bits per heavy atom. The molecule has 0 saturated carbocycles. The fourth-order valence-corrected chi connectivity index (χ4v) is 1.92. The molecule has 2 nitrogen and oxygen atoms in total. The third-order valence-electron chi connectivity index (χ3n) is 3.33. The average molecular weight is 235 g/mol. The van der Waals surface area contributed by atoms with E-state index >= 15 is 0 Å². The van der Waals surface area contributed by atoms with Crippen LogP contribution >= 0.6 is 0 Å². The molecule has 2 N–H and O–H groups in total. The van der Waals surface area contributed by atoms with Crippen molar-refractivity contribution in [1.29, 1.82) is 0 Å². The number of hydrogen-bond acceptors (Lipinski definition) is 2. The van der Waals surface area contributed by atoms with Crippen LogP contribution in [0.1, 0.15) is 38.2 Å². The van der Waals surface area contributed by atoms with Gasteiger partial charge in [0.25, 0.3) is 0 Å². The summed E-state index contributed by atoms with van der Waals surface area (Å²) in [5.74, 6) is 1.14. The summed E-state index contributed by atoms with van der Waals surface area (Å²) in [6, 6.07) is 10.4. The van der Waals surface area contributed by atoms with Crippen molar-refractivity contribution in [1.82, 2.24) is 5.32 Å². The molecular weight excluding hydrogens is 210 g/mol. The molecule has 2 unspecified atom stereocenters. The molecule has 0 aliphatic rings. The Kier molecular flexibility index (Phi) is 6.90. The molecule has 0 heterocycles. The van der Waals surface area contributed by atoms with Gasteiger partial charge in [-0.05, 0) is 30.4 Å². The summed E-state index contributed by atoms with van der Waals surface area (Å²) in [5.41, 5.74) is 1.32. The average Bonchev–Trinajstić information content (AvgIpc) is 2.38. The molecule has 0 fully saturated rings. The lowest BCUT2D eigenvalue weighted by Crippen LogP contribution is -2.26. The van der Waals surface area contributed by atoms with E-state index < -0.39 is 0 Å². The highest BCUT2D eigenvalue weighted by Gasteiger charge is 2.10. The Balaban J connectivity index is 2.44. The fourth-order valence-electron chi connectivity index (χ4n) is 1.92. The second-order valence-corrected chi connectivity index (χ2v) is 4.79. The predicted octanol–water partition coefficient (Wildman–Crippen LogP) is 2.79. The van der Waals surface area contributed by atoms with Gasteiger partial charge in [0.15, 0.2) is 0 Å². The molecule has 0 aliphatic carbocycles. The molecule has 2 atom stereocenters. The third-order valence-corrected chi connectivity index (χ3v) is 3.33. The highest BCUT2D eigenvalue weighted by atomic mass is 16.3. The first-order valence-electron chi connectivity index (χ1n) is 6.64. The van der Waals surface area contributed by atoms with Crippen LogP contribution in [0.3, 0.4) is 0 Å². The number of hydrogen-bond donors (Lipinski definition) is 2. The maximum atomic E-state index is 9.12. The maximum absolute atomic E-state index is 9.12. The van der Waals surface area contributed by atoms with E-state index in [0.29, 0.717) is 5.92 Å². The van der Waals surface area contributed by atoms with Crippen molar-refractivity contribution >= 4 is 0 Å². The molecule has 0 saturated heterocycles. The molecule has 0 aliphatic heterocycles. The minimum absolute atomic E-state index is 0.255. The number of aliphatic hydroxyl groups excluding tert-OH is 1. The Labute approximate surface area is 105 Å². The summed E-state index contributed by atoms with van der Waals surface area (Å²) in [5, 5.41) is 12.6. The van der Waals surface area contributed by atoms with Crippen molar-refractivity contribution in [2.24, 2.45) is 5.92 Å². The van der Waals surface area contributed by atoms with E-state index in [1.807, 2.05) is 6.07 Å². The highest BCUT2D eigenvalue weighted by Crippen LogP contribution is 2.18. The lowest BCUT2D eigenvalue weighted by molar-refractivity contribution is 0.273. The van der Waals surface area contributed by atoms with Crippen molar-refractivity contribution in [2.45, 2.75) is 32.6 Å². The molecule has 1 aromatic rings. The van der Waals surface area contributed by atoms with E-state index in [1.165, 1.54) is 12.0 Å². The van der Waals surface area contributed by atoms with Crippen molar-refractivity contribution in [3.8, 4) is 0 Å². The van der Waals surface area contributed by atoms with Gasteiger partial charge in [0.2, 0.25) is 0 Å². The number of aliphatic hydroxyl groups is 1. The second-order valence-electron chi connectivity index (χ2n) is 4.79. The van der Waals surface area contributed by atoms with Gasteiger partial charge in [-0.25, -0.2) is 0 Å². The molecule has 1 rings (SSSR count). The zero-order valence-corrected chi connectivity index (χ0v) is 11.0. The van der Waals surface area contributed by atoms with E-state index in [-0.39, 0.29) is 6.61 Å². The second kappa shape index (κ2) is 8.26. The summed E-state index contributed by atoms with van der Waals surface area (Å²) in [6.45, 7) is 6.75. The summed E-state index contributed by atoms with van der Waals surface area (Å²) >= 11 is 0. The van der Waals surface area contributed by atoms with Gasteiger partial charge in [-0.3, -0.25) is 0 Å². The Hall–Kier alpha value is -0.860. The van der Waals surface area contributed by atoms with Gasteiger partial charge in [0.05, 0.1) is 0 Å². The molecule has 0 spiro atoms. The molecule has 0 amide bonds. The monoisotopic (exact) mass is 235 g/mol. The number of nitrogens with one attached hydrogen (secondary N) is 1. The van der Waals surface area contributed by atoms with Crippen LogP contribution in [-0.2, 0) is 0 Å². The molecular formula is C15H25NO. The fraction of sp³-hybridized carbons (Fsp3) is 0.600. The van der Waals surface area contributed by atoms with Crippen LogP contribution in [0, 0.1) is 5.92 Å². The summed E-state index contributed by atoms with van der Waals surface area (Å²) in [4.78, 5) is 0. The normalized spacial score (nSPS) is 14.5. The van der Waals surface area contributed by atoms with Crippen molar-refractivity contribution in [2.75, 3.05) is 19.7 Å². The van der Waals surface area contributed by atoms with Gasteiger partial charge in [-0.2, -0.15) is 0 Å². The molecule has 17 heavy (non-hydrogen) atoms. The lowest BCUT2D eigenvalue weighted by atomic mass is 9.96. The summed E-state index contributed by atoms with van der Waals surface area (Å²) in [7, 11) is 0. The minimum Gasteiger partial charge on any atom is -0.396 e. The molecule has 1 aromatic carbocycles. The van der Waals surface area contributed by atoms with Crippen LogP contribution in [0.25, 0.3) is 0 Å². The first-order valence-corrected chi connectivity index (χ1v) is 6.64. The smallest absolute Gasteiger partial charge is 0.0437 e.